The Bertz CT molecular complexity index is 395. The van der Waals surface area contributed by atoms with Crippen molar-refractivity contribution in [3.63, 3.8) is 0 Å². The van der Waals surface area contributed by atoms with E-state index in [4.69, 9.17) is 4.74 Å². The predicted molar refractivity (Wildman–Crippen MR) is 90.9 cm³/mol. The molecule has 0 fully saturated rings. The summed E-state index contributed by atoms with van der Waals surface area (Å²) < 4.78 is 5.15. The summed E-state index contributed by atoms with van der Waals surface area (Å²) in [6.07, 6.45) is 0. The van der Waals surface area contributed by atoms with Crippen LogP contribution in [0.3, 0.4) is 0 Å². The lowest BCUT2D eigenvalue weighted by atomic mass is 9.86. The third kappa shape index (κ3) is 6.16. The number of nitrogens with one attached hydrogen (secondary N) is 1. The molecule has 0 spiro atoms. The third-order valence-corrected chi connectivity index (χ3v) is 3.80. The van der Waals surface area contributed by atoms with Gasteiger partial charge in [0.1, 0.15) is 0 Å². The van der Waals surface area contributed by atoms with E-state index in [9.17, 15) is 0 Å². The van der Waals surface area contributed by atoms with Crippen LogP contribution in [0.15, 0.2) is 24.3 Å². The second-order valence-corrected chi connectivity index (χ2v) is 6.74. The minimum absolute atomic E-state index is 0.210. The molecule has 0 bridgehead atoms. The molecule has 21 heavy (non-hydrogen) atoms. The highest BCUT2D eigenvalue weighted by Crippen LogP contribution is 2.24. The zero-order valence-electron chi connectivity index (χ0n) is 14.6. The van der Waals surface area contributed by atoms with Gasteiger partial charge in [-0.2, -0.15) is 0 Å². The van der Waals surface area contributed by atoms with E-state index in [0.29, 0.717) is 6.04 Å². The molecule has 1 N–H and O–H groups in total. The summed E-state index contributed by atoms with van der Waals surface area (Å²) in [5, 5.41) is 3.58. The molecule has 1 rings (SSSR count). The maximum absolute atomic E-state index is 5.15. The van der Waals surface area contributed by atoms with Crippen LogP contribution in [0.5, 0.6) is 0 Å². The van der Waals surface area contributed by atoms with Crippen molar-refractivity contribution in [1.29, 1.82) is 0 Å². The lowest BCUT2D eigenvalue weighted by Crippen LogP contribution is -2.34. The molecule has 0 saturated carbocycles. The molecule has 3 nitrogen and oxygen atoms in total. The average molecular weight is 292 g/mol. The first-order valence-electron chi connectivity index (χ1n) is 7.89. The normalized spacial score (nSPS) is 13.7. The highest BCUT2D eigenvalue weighted by Gasteiger charge is 2.16. The van der Waals surface area contributed by atoms with Gasteiger partial charge in [0.25, 0.3) is 0 Å². The third-order valence-electron chi connectivity index (χ3n) is 3.80. The van der Waals surface area contributed by atoms with Crippen LogP contribution >= 0.6 is 0 Å². The van der Waals surface area contributed by atoms with Crippen LogP contribution in [0.2, 0.25) is 0 Å². The molecule has 0 heterocycles. The molecule has 0 saturated heterocycles. The molecule has 1 aromatic rings. The Hall–Kier alpha value is -0.900. The zero-order valence-corrected chi connectivity index (χ0v) is 14.6. The SMILES string of the molecule is CCNC(CN(C)CCOC)c1ccc(C(C)(C)C)cc1. The molecule has 0 aromatic heterocycles. The van der Waals surface area contributed by atoms with Gasteiger partial charge in [-0.05, 0) is 30.1 Å². The van der Waals surface area contributed by atoms with E-state index in [2.05, 4.69) is 69.2 Å². The number of benzene rings is 1. The van der Waals surface area contributed by atoms with E-state index in [-0.39, 0.29) is 5.41 Å². The summed E-state index contributed by atoms with van der Waals surface area (Å²) in [4.78, 5) is 2.31. The van der Waals surface area contributed by atoms with Crippen LogP contribution in [-0.4, -0.2) is 45.3 Å². The maximum atomic E-state index is 5.15. The monoisotopic (exact) mass is 292 g/mol. The summed E-state index contributed by atoms with van der Waals surface area (Å²) in [5.74, 6) is 0. The van der Waals surface area contributed by atoms with Crippen LogP contribution in [0.1, 0.15) is 44.9 Å². The fourth-order valence-corrected chi connectivity index (χ4v) is 2.40. The molecule has 0 radical (unpaired) electrons. The van der Waals surface area contributed by atoms with Gasteiger partial charge in [0.05, 0.1) is 6.61 Å². The number of likely N-dealkylation sites (N-methyl/N-ethyl adjacent to an activating group) is 2. The van der Waals surface area contributed by atoms with Crippen molar-refractivity contribution in [2.75, 3.05) is 40.4 Å². The van der Waals surface area contributed by atoms with Gasteiger partial charge >= 0.3 is 0 Å². The van der Waals surface area contributed by atoms with Crippen molar-refractivity contribution in [1.82, 2.24) is 10.2 Å². The van der Waals surface area contributed by atoms with Crippen molar-refractivity contribution < 1.29 is 4.74 Å². The van der Waals surface area contributed by atoms with Crippen molar-refractivity contribution >= 4 is 0 Å². The van der Waals surface area contributed by atoms with Crippen LogP contribution in [-0.2, 0) is 10.2 Å². The fraction of sp³-hybridized carbons (Fsp3) is 0.667. The Balaban J connectivity index is 2.76. The molecular formula is C18H32N2O. The second-order valence-electron chi connectivity index (χ2n) is 6.74. The Morgan fingerprint density at radius 2 is 1.81 bits per heavy atom. The minimum Gasteiger partial charge on any atom is -0.383 e. The van der Waals surface area contributed by atoms with Crippen LogP contribution in [0, 0.1) is 0 Å². The van der Waals surface area contributed by atoms with E-state index in [0.717, 1.165) is 26.2 Å². The Morgan fingerprint density at radius 3 is 2.29 bits per heavy atom. The summed E-state index contributed by atoms with van der Waals surface area (Å²) in [5.41, 5.74) is 2.95. The Morgan fingerprint density at radius 1 is 1.19 bits per heavy atom. The first kappa shape index (κ1) is 18.1. The molecule has 1 atom stereocenters. The summed E-state index contributed by atoms with van der Waals surface area (Å²) in [7, 11) is 3.90. The second kappa shape index (κ2) is 8.52. The lowest BCUT2D eigenvalue weighted by molar-refractivity contribution is 0.155. The average Bonchev–Trinajstić information content (AvgIpc) is 2.44. The van der Waals surface area contributed by atoms with Crippen LogP contribution in [0.4, 0.5) is 0 Å². The molecule has 1 aromatic carbocycles. The topological polar surface area (TPSA) is 24.5 Å². The van der Waals surface area contributed by atoms with Gasteiger partial charge in [0.2, 0.25) is 0 Å². The first-order valence-corrected chi connectivity index (χ1v) is 7.89. The van der Waals surface area contributed by atoms with Crippen molar-refractivity contribution in [3.05, 3.63) is 35.4 Å². The maximum Gasteiger partial charge on any atom is 0.0589 e. The van der Waals surface area contributed by atoms with Crippen molar-refractivity contribution in [3.8, 4) is 0 Å². The van der Waals surface area contributed by atoms with Gasteiger partial charge in [-0.1, -0.05) is 52.0 Å². The molecule has 120 valence electrons. The number of nitrogens with zero attached hydrogens (tertiary/aromatic N) is 1. The lowest BCUT2D eigenvalue weighted by Gasteiger charge is -2.26. The number of hydrogen-bond donors (Lipinski definition) is 1. The zero-order chi connectivity index (χ0) is 15.9. The molecule has 3 heteroatoms. The van der Waals surface area contributed by atoms with E-state index < -0.39 is 0 Å². The van der Waals surface area contributed by atoms with Gasteiger partial charge in [0, 0.05) is 26.2 Å². The largest absolute Gasteiger partial charge is 0.383 e. The predicted octanol–water partition coefficient (Wildman–Crippen LogP) is 3.21. The van der Waals surface area contributed by atoms with E-state index >= 15 is 0 Å². The summed E-state index contributed by atoms with van der Waals surface area (Å²) in [6.45, 7) is 12.6. The fourth-order valence-electron chi connectivity index (χ4n) is 2.40. The Labute approximate surface area is 130 Å². The van der Waals surface area contributed by atoms with Crippen molar-refractivity contribution in [2.45, 2.75) is 39.2 Å². The van der Waals surface area contributed by atoms with Crippen LogP contribution in [0.25, 0.3) is 0 Å². The molecule has 0 amide bonds. The van der Waals surface area contributed by atoms with E-state index in [1.807, 2.05) is 0 Å². The highest BCUT2D eigenvalue weighted by molar-refractivity contribution is 5.29. The number of ether oxygens (including phenoxy) is 1. The quantitative estimate of drug-likeness (QED) is 0.796. The van der Waals surface area contributed by atoms with E-state index in [1.54, 1.807) is 7.11 Å². The molecule has 0 aliphatic rings. The van der Waals surface area contributed by atoms with Gasteiger partial charge in [-0.3, -0.25) is 0 Å². The number of hydrogen-bond acceptors (Lipinski definition) is 3. The minimum atomic E-state index is 0.210. The Kier molecular flexibility index (Phi) is 7.36. The molecule has 0 aliphatic carbocycles. The molecular weight excluding hydrogens is 260 g/mol. The van der Waals surface area contributed by atoms with Gasteiger partial charge in [0.15, 0.2) is 0 Å². The smallest absolute Gasteiger partial charge is 0.0589 e. The van der Waals surface area contributed by atoms with Gasteiger partial charge in [-0.15, -0.1) is 0 Å². The first-order chi connectivity index (χ1) is 9.88. The summed E-state index contributed by atoms with van der Waals surface area (Å²) >= 11 is 0. The van der Waals surface area contributed by atoms with Gasteiger partial charge < -0.3 is 15.0 Å². The number of methoxy groups -OCH3 is 1. The van der Waals surface area contributed by atoms with Gasteiger partial charge in [-0.25, -0.2) is 0 Å². The molecule has 1 unspecified atom stereocenters. The molecule has 0 aliphatic heterocycles. The van der Waals surface area contributed by atoms with E-state index in [1.165, 1.54) is 11.1 Å². The highest BCUT2D eigenvalue weighted by atomic mass is 16.5. The summed E-state index contributed by atoms with van der Waals surface area (Å²) in [6, 6.07) is 9.41. The van der Waals surface area contributed by atoms with Crippen molar-refractivity contribution in [2.24, 2.45) is 0 Å². The standard InChI is InChI=1S/C18H32N2O/c1-7-19-17(14-20(5)12-13-21-6)15-8-10-16(11-9-15)18(2,3)4/h8-11,17,19H,7,12-14H2,1-6H3. The van der Waals surface area contributed by atoms with Crippen LogP contribution < -0.4 is 5.32 Å². The number of rotatable bonds is 8.